The van der Waals surface area contributed by atoms with Gasteiger partial charge in [-0.1, -0.05) is 31.6 Å². The number of ether oxygens (including phenoxy) is 2. The second kappa shape index (κ2) is 7.12. The Hall–Kier alpha value is -1.13. The maximum atomic E-state index is 11.8. The molecule has 2 aliphatic carbocycles. The number of aliphatic hydroxyl groups is 1. The molecule has 146 valence electrons. The van der Waals surface area contributed by atoms with Crippen molar-refractivity contribution in [2.24, 2.45) is 22.7 Å². The second-order valence-electron chi connectivity index (χ2n) is 9.22. The Morgan fingerprint density at radius 1 is 1.38 bits per heavy atom. The van der Waals surface area contributed by atoms with Crippen LogP contribution in [0, 0.1) is 22.7 Å². The molecular formula is C22H34O4. The summed E-state index contributed by atoms with van der Waals surface area (Å²) < 4.78 is 11.4. The Morgan fingerprint density at radius 2 is 2.12 bits per heavy atom. The molecule has 1 N–H and O–H groups in total. The Kier molecular flexibility index (Phi) is 5.38. The number of fused-ring (bicyclic) bond motifs is 3. The van der Waals surface area contributed by atoms with E-state index >= 15 is 0 Å². The summed E-state index contributed by atoms with van der Waals surface area (Å²) in [5.41, 5.74) is 2.42. The average Bonchev–Trinajstić information content (AvgIpc) is 2.92. The summed E-state index contributed by atoms with van der Waals surface area (Å²) in [6.45, 7) is 10.9. The van der Waals surface area contributed by atoms with Gasteiger partial charge in [-0.05, 0) is 62.9 Å². The van der Waals surface area contributed by atoms with Crippen molar-refractivity contribution in [3.8, 4) is 0 Å². The first-order valence-corrected chi connectivity index (χ1v) is 9.97. The third kappa shape index (κ3) is 3.27. The van der Waals surface area contributed by atoms with Gasteiger partial charge in [0.05, 0.1) is 6.61 Å². The zero-order valence-corrected chi connectivity index (χ0v) is 16.9. The number of rotatable bonds is 4. The molecule has 0 aromatic rings. The largest absolute Gasteiger partial charge is 0.462 e. The van der Waals surface area contributed by atoms with E-state index in [2.05, 4.69) is 39.8 Å². The molecule has 1 saturated carbocycles. The number of hydrogen-bond donors (Lipinski definition) is 1. The molecule has 0 aromatic carbocycles. The van der Waals surface area contributed by atoms with E-state index in [0.717, 1.165) is 32.1 Å². The van der Waals surface area contributed by atoms with E-state index in [1.165, 1.54) is 18.1 Å². The summed E-state index contributed by atoms with van der Waals surface area (Å²) in [7, 11) is 0. The number of hydrogen-bond acceptors (Lipinski definition) is 4. The van der Waals surface area contributed by atoms with Crippen LogP contribution >= 0.6 is 0 Å². The molecule has 0 unspecified atom stereocenters. The maximum Gasteiger partial charge on any atom is 0.302 e. The van der Waals surface area contributed by atoms with Crippen molar-refractivity contribution in [2.75, 3.05) is 6.61 Å². The van der Waals surface area contributed by atoms with Gasteiger partial charge >= 0.3 is 5.97 Å². The minimum Gasteiger partial charge on any atom is -0.462 e. The van der Waals surface area contributed by atoms with E-state index in [-0.39, 0.29) is 28.8 Å². The van der Waals surface area contributed by atoms with Gasteiger partial charge in [0.15, 0.2) is 6.29 Å². The molecule has 1 saturated heterocycles. The van der Waals surface area contributed by atoms with Crippen molar-refractivity contribution in [2.45, 2.75) is 79.1 Å². The topological polar surface area (TPSA) is 55.8 Å². The lowest BCUT2D eigenvalue weighted by molar-refractivity contribution is -0.201. The predicted molar refractivity (Wildman–Crippen MR) is 101 cm³/mol. The van der Waals surface area contributed by atoms with Crippen LogP contribution < -0.4 is 0 Å². The number of aliphatic hydroxyl groups excluding tert-OH is 1. The SMILES string of the molecule is CC(=O)O[C@@H]1CC[C@@](C)(CCC=C(C)C)[C@@H]2CC=C3CO[C@@H](O)[C@@H]3[C@@]12C. The zero-order chi connectivity index (χ0) is 19.1. The monoisotopic (exact) mass is 362 g/mol. The standard InChI is InChI=1S/C22H34O4/c1-14(2)7-6-11-21(4)12-10-18(26-15(3)23)22(5)17(21)9-8-16-13-25-20(24)19(16)22/h7-8,17-20,24H,6,9-13H2,1-5H3/t17-,18+,19+,20+,21+,22+/m0/s1. The molecular weight excluding hydrogens is 328 g/mol. The minimum absolute atomic E-state index is 0.0753. The van der Waals surface area contributed by atoms with Crippen LogP contribution in [0.1, 0.15) is 66.7 Å². The summed E-state index contributed by atoms with van der Waals surface area (Å²) in [6, 6.07) is 0. The lowest BCUT2D eigenvalue weighted by Crippen LogP contribution is -2.59. The third-order valence-corrected chi connectivity index (χ3v) is 7.23. The van der Waals surface area contributed by atoms with Gasteiger partial charge in [0.25, 0.3) is 0 Å². The number of allylic oxidation sites excluding steroid dienone is 3. The molecule has 6 atom stereocenters. The fraction of sp³-hybridized carbons (Fsp3) is 0.773. The van der Waals surface area contributed by atoms with Crippen LogP contribution in [-0.2, 0) is 14.3 Å². The minimum atomic E-state index is -0.799. The van der Waals surface area contributed by atoms with Gasteiger partial charge in [-0.15, -0.1) is 0 Å². The van der Waals surface area contributed by atoms with E-state index in [9.17, 15) is 9.90 Å². The smallest absolute Gasteiger partial charge is 0.302 e. The summed E-state index contributed by atoms with van der Waals surface area (Å²) >= 11 is 0. The molecule has 3 aliphatic rings. The van der Waals surface area contributed by atoms with E-state index in [0.29, 0.717) is 12.5 Å². The van der Waals surface area contributed by atoms with Crippen molar-refractivity contribution in [1.82, 2.24) is 0 Å². The second-order valence-corrected chi connectivity index (χ2v) is 9.22. The molecule has 0 aromatic heterocycles. The van der Waals surface area contributed by atoms with Crippen molar-refractivity contribution < 1.29 is 19.4 Å². The van der Waals surface area contributed by atoms with Crippen molar-refractivity contribution in [3.63, 3.8) is 0 Å². The Bertz CT molecular complexity index is 618. The molecule has 4 nitrogen and oxygen atoms in total. The lowest BCUT2D eigenvalue weighted by Gasteiger charge is -2.59. The highest BCUT2D eigenvalue weighted by Gasteiger charge is 2.62. The molecule has 0 spiro atoms. The molecule has 0 bridgehead atoms. The molecule has 0 amide bonds. The van der Waals surface area contributed by atoms with Crippen LogP contribution in [0.3, 0.4) is 0 Å². The highest BCUT2D eigenvalue weighted by molar-refractivity contribution is 5.66. The van der Waals surface area contributed by atoms with Gasteiger partial charge in [0, 0.05) is 18.3 Å². The zero-order valence-electron chi connectivity index (χ0n) is 16.9. The maximum absolute atomic E-state index is 11.8. The van der Waals surface area contributed by atoms with Crippen molar-refractivity contribution in [1.29, 1.82) is 0 Å². The lowest BCUT2D eigenvalue weighted by atomic mass is 9.46. The van der Waals surface area contributed by atoms with Crippen LogP contribution in [-0.4, -0.2) is 30.1 Å². The predicted octanol–water partition coefficient (Wildman–Crippen LogP) is 4.38. The van der Waals surface area contributed by atoms with E-state index in [1.54, 1.807) is 0 Å². The van der Waals surface area contributed by atoms with E-state index in [1.807, 2.05) is 0 Å². The highest BCUT2D eigenvalue weighted by Crippen LogP contribution is 2.63. The first kappa shape index (κ1) is 19.6. The van der Waals surface area contributed by atoms with Gasteiger partial charge in [-0.25, -0.2) is 0 Å². The number of carbonyl (C=O) groups is 1. The molecule has 4 heteroatoms. The van der Waals surface area contributed by atoms with Gasteiger partial charge < -0.3 is 14.6 Å². The molecule has 1 aliphatic heterocycles. The van der Waals surface area contributed by atoms with E-state index in [4.69, 9.17) is 9.47 Å². The molecule has 3 rings (SSSR count). The third-order valence-electron chi connectivity index (χ3n) is 7.23. The first-order chi connectivity index (χ1) is 12.2. The first-order valence-electron chi connectivity index (χ1n) is 9.97. The Morgan fingerprint density at radius 3 is 2.77 bits per heavy atom. The van der Waals surface area contributed by atoms with Crippen LogP contribution in [0.4, 0.5) is 0 Å². The summed E-state index contributed by atoms with van der Waals surface area (Å²) in [4.78, 5) is 11.8. The van der Waals surface area contributed by atoms with Crippen molar-refractivity contribution in [3.05, 3.63) is 23.3 Å². The Labute approximate surface area is 157 Å². The summed E-state index contributed by atoms with van der Waals surface area (Å²) in [5, 5.41) is 10.6. The Balaban J connectivity index is 1.96. The summed E-state index contributed by atoms with van der Waals surface area (Å²) in [6.07, 6.45) is 8.71. The van der Waals surface area contributed by atoms with Crippen LogP contribution in [0.2, 0.25) is 0 Å². The molecule has 1 heterocycles. The number of carbonyl (C=O) groups excluding carboxylic acids is 1. The van der Waals surface area contributed by atoms with Crippen molar-refractivity contribution >= 4 is 5.97 Å². The fourth-order valence-electron chi connectivity index (χ4n) is 5.97. The molecule has 26 heavy (non-hydrogen) atoms. The quantitative estimate of drug-likeness (QED) is 0.595. The summed E-state index contributed by atoms with van der Waals surface area (Å²) in [5.74, 6) is 0.0602. The van der Waals surface area contributed by atoms with E-state index < -0.39 is 6.29 Å². The van der Waals surface area contributed by atoms with Crippen LogP contribution in [0.25, 0.3) is 0 Å². The van der Waals surface area contributed by atoms with Gasteiger partial charge in [-0.3, -0.25) is 4.79 Å². The van der Waals surface area contributed by atoms with Gasteiger partial charge in [0.2, 0.25) is 0 Å². The highest BCUT2D eigenvalue weighted by atomic mass is 16.6. The van der Waals surface area contributed by atoms with Crippen LogP contribution in [0.15, 0.2) is 23.3 Å². The molecule has 2 fully saturated rings. The number of esters is 1. The average molecular weight is 363 g/mol. The van der Waals surface area contributed by atoms with Crippen LogP contribution in [0.5, 0.6) is 0 Å². The van der Waals surface area contributed by atoms with Gasteiger partial charge in [0.1, 0.15) is 6.10 Å². The fourth-order valence-corrected chi connectivity index (χ4v) is 5.97. The normalized spacial score (nSPS) is 41.7. The van der Waals surface area contributed by atoms with Gasteiger partial charge in [-0.2, -0.15) is 0 Å². The molecule has 0 radical (unpaired) electrons.